The first-order valence-corrected chi connectivity index (χ1v) is 6.52. The molecule has 6 nitrogen and oxygen atoms in total. The second-order valence-electron chi connectivity index (χ2n) is 4.56. The molecule has 3 aromatic rings. The second kappa shape index (κ2) is 6.02. The van der Waals surface area contributed by atoms with E-state index >= 15 is 0 Å². The maximum Gasteiger partial charge on any atom is 0.283 e. The number of hydrogen-bond acceptors (Lipinski definition) is 3. The van der Waals surface area contributed by atoms with Crippen molar-refractivity contribution in [2.75, 3.05) is 0 Å². The smallest absolute Gasteiger partial charge is 0.283 e. The van der Waals surface area contributed by atoms with Gasteiger partial charge in [-0.15, -0.1) is 0 Å². The summed E-state index contributed by atoms with van der Waals surface area (Å²) < 4.78 is 13.2. The van der Waals surface area contributed by atoms with Crippen molar-refractivity contribution in [3.63, 3.8) is 0 Å². The van der Waals surface area contributed by atoms with Crippen molar-refractivity contribution in [1.29, 1.82) is 0 Å². The Morgan fingerprint density at radius 2 is 1.96 bits per heavy atom. The van der Waals surface area contributed by atoms with Gasteiger partial charge in [-0.05, 0) is 35.7 Å². The number of nitrogens with one attached hydrogen (secondary N) is 1. The van der Waals surface area contributed by atoms with Gasteiger partial charge >= 0.3 is 0 Å². The Morgan fingerprint density at radius 3 is 2.70 bits per heavy atom. The van der Waals surface area contributed by atoms with E-state index in [0.717, 1.165) is 0 Å². The number of aromatic amines is 1. The zero-order valence-electron chi connectivity index (χ0n) is 11.6. The van der Waals surface area contributed by atoms with E-state index in [1.807, 2.05) is 0 Å². The van der Waals surface area contributed by atoms with Gasteiger partial charge in [-0.2, -0.15) is 0 Å². The molecule has 0 radical (unpaired) electrons. The summed E-state index contributed by atoms with van der Waals surface area (Å²) in [7, 11) is 0. The SMILES string of the molecule is [N-]=[N+]=Nc1ccc(C#Cc2nc3cc(F)ccc3[nH]c2=O)cc1. The summed E-state index contributed by atoms with van der Waals surface area (Å²) in [4.78, 5) is 21.3. The fraction of sp³-hybridized carbons (Fsp3) is 0. The summed E-state index contributed by atoms with van der Waals surface area (Å²) in [6.07, 6.45) is 0. The molecule has 3 rings (SSSR count). The van der Waals surface area contributed by atoms with Crippen LogP contribution in [0.5, 0.6) is 0 Å². The van der Waals surface area contributed by atoms with Crippen molar-refractivity contribution in [2.45, 2.75) is 0 Å². The third-order valence-corrected chi connectivity index (χ3v) is 3.01. The summed E-state index contributed by atoms with van der Waals surface area (Å²) in [6, 6.07) is 10.5. The van der Waals surface area contributed by atoms with Crippen LogP contribution in [0.1, 0.15) is 11.3 Å². The molecule has 0 spiro atoms. The van der Waals surface area contributed by atoms with Gasteiger partial charge in [-0.1, -0.05) is 23.2 Å². The minimum atomic E-state index is -0.442. The second-order valence-corrected chi connectivity index (χ2v) is 4.56. The Morgan fingerprint density at radius 1 is 1.17 bits per heavy atom. The van der Waals surface area contributed by atoms with Crippen LogP contribution in [0.4, 0.5) is 10.1 Å². The van der Waals surface area contributed by atoms with E-state index in [9.17, 15) is 9.18 Å². The van der Waals surface area contributed by atoms with Crippen LogP contribution < -0.4 is 5.56 Å². The van der Waals surface area contributed by atoms with Gasteiger partial charge in [0.1, 0.15) is 5.82 Å². The lowest BCUT2D eigenvalue weighted by molar-refractivity contribution is 0.629. The van der Waals surface area contributed by atoms with Gasteiger partial charge in [-0.25, -0.2) is 9.37 Å². The van der Waals surface area contributed by atoms with Crippen molar-refractivity contribution in [3.8, 4) is 11.8 Å². The van der Waals surface area contributed by atoms with E-state index in [4.69, 9.17) is 5.53 Å². The minimum Gasteiger partial charge on any atom is -0.318 e. The Balaban J connectivity index is 1.99. The van der Waals surface area contributed by atoms with Crippen LogP contribution in [0.2, 0.25) is 0 Å². The highest BCUT2D eigenvalue weighted by Crippen LogP contribution is 2.12. The van der Waals surface area contributed by atoms with Crippen LogP contribution in [0.3, 0.4) is 0 Å². The molecule has 0 aliphatic rings. The lowest BCUT2D eigenvalue weighted by Crippen LogP contribution is -2.12. The van der Waals surface area contributed by atoms with Gasteiger partial charge in [0.15, 0.2) is 5.69 Å². The predicted molar refractivity (Wildman–Crippen MR) is 83.5 cm³/mol. The number of azide groups is 1. The molecule has 0 aliphatic carbocycles. The summed E-state index contributed by atoms with van der Waals surface area (Å²) in [6.45, 7) is 0. The van der Waals surface area contributed by atoms with Crippen molar-refractivity contribution < 1.29 is 4.39 Å². The van der Waals surface area contributed by atoms with Gasteiger partial charge in [0, 0.05) is 22.2 Å². The molecule has 0 bridgehead atoms. The van der Waals surface area contributed by atoms with Crippen LogP contribution in [0.15, 0.2) is 52.4 Å². The maximum absolute atomic E-state index is 13.2. The number of rotatable bonds is 1. The largest absolute Gasteiger partial charge is 0.318 e. The van der Waals surface area contributed by atoms with Crippen LogP contribution in [0, 0.1) is 17.7 Å². The number of fused-ring (bicyclic) bond motifs is 1. The van der Waals surface area contributed by atoms with Gasteiger partial charge < -0.3 is 4.98 Å². The van der Waals surface area contributed by atoms with E-state index in [-0.39, 0.29) is 5.69 Å². The quantitative estimate of drug-likeness (QED) is 0.323. The first-order chi connectivity index (χ1) is 11.2. The zero-order valence-corrected chi connectivity index (χ0v) is 11.6. The third kappa shape index (κ3) is 3.18. The van der Waals surface area contributed by atoms with Crippen molar-refractivity contribution in [1.82, 2.24) is 9.97 Å². The first-order valence-electron chi connectivity index (χ1n) is 6.52. The highest BCUT2D eigenvalue weighted by molar-refractivity contribution is 5.74. The molecule has 110 valence electrons. The summed E-state index contributed by atoms with van der Waals surface area (Å²) in [5.74, 6) is 5.01. The third-order valence-electron chi connectivity index (χ3n) is 3.01. The van der Waals surface area contributed by atoms with E-state index in [1.54, 1.807) is 24.3 Å². The topological polar surface area (TPSA) is 94.5 Å². The molecule has 1 N–H and O–H groups in total. The number of hydrogen-bond donors (Lipinski definition) is 1. The summed E-state index contributed by atoms with van der Waals surface area (Å²) in [5.41, 5.74) is 9.76. The van der Waals surface area contributed by atoms with Crippen LogP contribution in [-0.4, -0.2) is 9.97 Å². The van der Waals surface area contributed by atoms with Crippen molar-refractivity contribution >= 4 is 16.7 Å². The number of benzene rings is 2. The molecule has 0 fully saturated rings. The Bertz CT molecular complexity index is 1050. The summed E-state index contributed by atoms with van der Waals surface area (Å²) >= 11 is 0. The number of halogens is 1. The highest BCUT2D eigenvalue weighted by atomic mass is 19.1. The molecule has 1 aromatic heterocycles. The molecule has 0 amide bonds. The fourth-order valence-corrected chi connectivity index (χ4v) is 1.93. The Kier molecular flexibility index (Phi) is 3.75. The molecule has 0 unspecified atom stereocenters. The molecule has 0 atom stereocenters. The molecule has 0 saturated heterocycles. The molecule has 2 aromatic carbocycles. The standard InChI is InChI=1S/C16H8FN5O/c17-11-4-8-13-15(9-11)19-14(16(23)20-13)7-3-10-1-5-12(6-2-10)21-22-18/h1-2,4-6,8-9H,(H,20,23). The van der Waals surface area contributed by atoms with E-state index in [2.05, 4.69) is 31.8 Å². The monoisotopic (exact) mass is 305 g/mol. The minimum absolute atomic E-state index is 0.00206. The molecule has 0 aliphatic heterocycles. The van der Waals surface area contributed by atoms with Gasteiger partial charge in [0.2, 0.25) is 0 Å². The lowest BCUT2D eigenvalue weighted by atomic mass is 10.2. The molecular formula is C16H8FN5O. The number of H-pyrrole nitrogens is 1. The van der Waals surface area contributed by atoms with E-state index < -0.39 is 11.4 Å². The average Bonchev–Trinajstić information content (AvgIpc) is 2.55. The molecule has 23 heavy (non-hydrogen) atoms. The van der Waals surface area contributed by atoms with Gasteiger partial charge in [0.25, 0.3) is 5.56 Å². The Labute approximate surface area is 129 Å². The van der Waals surface area contributed by atoms with Gasteiger partial charge in [-0.3, -0.25) is 4.79 Å². The van der Waals surface area contributed by atoms with E-state index in [0.29, 0.717) is 22.3 Å². The van der Waals surface area contributed by atoms with Crippen molar-refractivity contribution in [2.24, 2.45) is 5.11 Å². The predicted octanol–water partition coefficient (Wildman–Crippen LogP) is 3.40. The van der Waals surface area contributed by atoms with Crippen LogP contribution >= 0.6 is 0 Å². The molecule has 7 heteroatoms. The fourth-order valence-electron chi connectivity index (χ4n) is 1.93. The van der Waals surface area contributed by atoms with Gasteiger partial charge in [0.05, 0.1) is 11.0 Å². The molecular weight excluding hydrogens is 297 g/mol. The zero-order chi connectivity index (χ0) is 16.2. The average molecular weight is 305 g/mol. The maximum atomic E-state index is 13.2. The molecule has 1 heterocycles. The molecule has 0 saturated carbocycles. The number of aromatic nitrogens is 2. The highest BCUT2D eigenvalue weighted by Gasteiger charge is 2.03. The summed E-state index contributed by atoms with van der Waals surface area (Å²) in [5, 5.41) is 3.45. The van der Waals surface area contributed by atoms with Crippen LogP contribution in [0.25, 0.3) is 21.5 Å². The first kappa shape index (κ1) is 14.3. The van der Waals surface area contributed by atoms with Crippen molar-refractivity contribution in [3.05, 3.63) is 80.3 Å². The number of nitrogens with zero attached hydrogens (tertiary/aromatic N) is 4. The van der Waals surface area contributed by atoms with E-state index in [1.165, 1.54) is 18.2 Å². The normalized spacial score (nSPS) is 9.78. The Hall–Kier alpha value is -3.62. The van der Waals surface area contributed by atoms with Crippen LogP contribution in [-0.2, 0) is 0 Å². The lowest BCUT2D eigenvalue weighted by Gasteiger charge is -1.97.